The lowest BCUT2D eigenvalue weighted by atomic mass is 10.1. The van der Waals surface area contributed by atoms with Gasteiger partial charge in [0.25, 0.3) is 11.8 Å². The zero-order valence-electron chi connectivity index (χ0n) is 18.3. The van der Waals surface area contributed by atoms with Crippen LogP contribution in [0.25, 0.3) is 0 Å². The summed E-state index contributed by atoms with van der Waals surface area (Å²) in [6, 6.07) is 6.91. The number of hydrogen-bond acceptors (Lipinski definition) is 7. The number of nitrogens with zero attached hydrogens (tertiary/aromatic N) is 2. The van der Waals surface area contributed by atoms with Crippen molar-refractivity contribution in [3.8, 4) is 5.75 Å². The fourth-order valence-corrected chi connectivity index (χ4v) is 4.14. The van der Waals surface area contributed by atoms with E-state index in [4.69, 9.17) is 26.8 Å². The average molecular weight is 491 g/mol. The normalized spacial score (nSPS) is 10.7. The van der Waals surface area contributed by atoms with E-state index in [2.05, 4.69) is 10.4 Å². The van der Waals surface area contributed by atoms with Crippen LogP contribution < -0.4 is 15.8 Å². The van der Waals surface area contributed by atoms with Crippen LogP contribution in [-0.4, -0.2) is 34.2 Å². The predicted octanol–water partition coefficient (Wildman–Crippen LogP) is 4.17. The molecule has 0 bridgehead atoms. The van der Waals surface area contributed by atoms with Gasteiger partial charge in [0.05, 0.1) is 22.1 Å². The molecule has 0 atom stereocenters. The van der Waals surface area contributed by atoms with Crippen LogP contribution >= 0.6 is 22.9 Å². The van der Waals surface area contributed by atoms with E-state index in [1.54, 1.807) is 25.3 Å². The Labute approximate surface area is 199 Å². The van der Waals surface area contributed by atoms with Crippen LogP contribution in [0.15, 0.2) is 30.5 Å². The van der Waals surface area contributed by atoms with Gasteiger partial charge in [-0.25, -0.2) is 9.48 Å². The first kappa shape index (κ1) is 24.3. The highest BCUT2D eigenvalue weighted by Crippen LogP contribution is 2.34. The van der Waals surface area contributed by atoms with E-state index >= 15 is 0 Å². The summed E-state index contributed by atoms with van der Waals surface area (Å²) in [7, 11) is 0. The van der Waals surface area contributed by atoms with Gasteiger partial charge in [-0.1, -0.05) is 24.6 Å². The molecule has 0 saturated carbocycles. The molecule has 0 aliphatic heterocycles. The quantitative estimate of drug-likeness (QED) is 0.433. The molecule has 1 aromatic carbocycles. The van der Waals surface area contributed by atoms with Crippen molar-refractivity contribution < 1.29 is 23.9 Å². The maximum atomic E-state index is 12.8. The van der Waals surface area contributed by atoms with E-state index in [0.717, 1.165) is 16.9 Å². The van der Waals surface area contributed by atoms with Crippen LogP contribution in [0.4, 0.5) is 5.00 Å². The van der Waals surface area contributed by atoms with Crippen molar-refractivity contribution in [3.63, 3.8) is 0 Å². The summed E-state index contributed by atoms with van der Waals surface area (Å²) in [4.78, 5) is 37.2. The number of hydrogen-bond donors (Lipinski definition) is 2. The summed E-state index contributed by atoms with van der Waals surface area (Å²) in [6.45, 7) is 5.61. The number of carbonyl (C=O) groups excluding carboxylic acids is 3. The number of aromatic nitrogens is 2. The van der Waals surface area contributed by atoms with Crippen LogP contribution in [0.2, 0.25) is 5.02 Å². The van der Waals surface area contributed by atoms with E-state index in [1.165, 1.54) is 10.7 Å². The van der Waals surface area contributed by atoms with Crippen molar-refractivity contribution in [2.24, 2.45) is 5.73 Å². The highest BCUT2D eigenvalue weighted by Gasteiger charge is 2.26. The monoisotopic (exact) mass is 490 g/mol. The Bertz CT molecular complexity index is 1200. The molecule has 0 spiro atoms. The lowest BCUT2D eigenvalue weighted by Gasteiger charge is -2.09. The van der Waals surface area contributed by atoms with E-state index in [-0.39, 0.29) is 34.5 Å². The Morgan fingerprint density at radius 3 is 2.70 bits per heavy atom. The number of thiophene rings is 1. The second-order valence-corrected chi connectivity index (χ2v) is 8.59. The molecular formula is C22H23ClN4O5S. The van der Waals surface area contributed by atoms with Gasteiger partial charge < -0.3 is 20.5 Å². The lowest BCUT2D eigenvalue weighted by molar-refractivity contribution is 0.0506. The van der Waals surface area contributed by atoms with Crippen LogP contribution in [0.3, 0.4) is 0 Å². The number of rotatable bonds is 9. The number of nitrogens with two attached hydrogens (primary N) is 1. The summed E-state index contributed by atoms with van der Waals surface area (Å²) >= 11 is 7.04. The summed E-state index contributed by atoms with van der Waals surface area (Å²) < 4.78 is 12.3. The van der Waals surface area contributed by atoms with Gasteiger partial charge >= 0.3 is 5.97 Å². The van der Waals surface area contributed by atoms with Crippen molar-refractivity contribution in [2.75, 3.05) is 11.9 Å². The zero-order valence-corrected chi connectivity index (χ0v) is 19.9. The van der Waals surface area contributed by atoms with Crippen LogP contribution in [0.5, 0.6) is 5.75 Å². The number of aryl methyl sites for hydroxylation is 1. The van der Waals surface area contributed by atoms with Gasteiger partial charge in [0.1, 0.15) is 10.8 Å². The van der Waals surface area contributed by atoms with Crippen molar-refractivity contribution in [2.45, 2.75) is 33.9 Å². The predicted molar refractivity (Wildman–Crippen MR) is 125 cm³/mol. The Kier molecular flexibility index (Phi) is 7.72. The fourth-order valence-electron chi connectivity index (χ4n) is 2.93. The third kappa shape index (κ3) is 5.71. The van der Waals surface area contributed by atoms with Crippen LogP contribution in [-0.2, 0) is 11.5 Å². The highest BCUT2D eigenvalue weighted by molar-refractivity contribution is 7.18. The molecule has 33 heavy (non-hydrogen) atoms. The minimum absolute atomic E-state index is 0.0367. The minimum Gasteiger partial charge on any atom is -0.470 e. The second-order valence-electron chi connectivity index (χ2n) is 7.16. The van der Waals surface area contributed by atoms with Gasteiger partial charge in [0.2, 0.25) is 0 Å². The first-order valence-corrected chi connectivity index (χ1v) is 11.2. The molecule has 0 radical (unpaired) electrons. The molecule has 0 aliphatic carbocycles. The van der Waals surface area contributed by atoms with Gasteiger partial charge in [-0.2, -0.15) is 5.10 Å². The smallest absolute Gasteiger partial charge is 0.341 e. The average Bonchev–Trinajstić information content (AvgIpc) is 3.37. The number of primary amides is 1. The van der Waals surface area contributed by atoms with Gasteiger partial charge in [0, 0.05) is 6.20 Å². The number of amides is 2. The molecule has 0 aliphatic rings. The molecule has 2 amide bonds. The third-order valence-corrected chi connectivity index (χ3v) is 6.09. The molecule has 0 unspecified atom stereocenters. The Morgan fingerprint density at radius 1 is 1.24 bits per heavy atom. The Morgan fingerprint density at radius 2 is 2.00 bits per heavy atom. The highest BCUT2D eigenvalue weighted by atomic mass is 35.5. The second kappa shape index (κ2) is 10.5. The minimum atomic E-state index is -0.696. The number of nitrogens with one attached hydrogen (secondary N) is 1. The molecule has 3 rings (SSSR count). The largest absolute Gasteiger partial charge is 0.470 e. The summed E-state index contributed by atoms with van der Waals surface area (Å²) in [5.41, 5.74) is 6.96. The van der Waals surface area contributed by atoms with Gasteiger partial charge in [0.15, 0.2) is 12.4 Å². The van der Waals surface area contributed by atoms with E-state index in [0.29, 0.717) is 22.8 Å². The van der Waals surface area contributed by atoms with Crippen LogP contribution in [0, 0.1) is 13.8 Å². The number of anilines is 1. The molecular weight excluding hydrogens is 468 g/mol. The van der Waals surface area contributed by atoms with Gasteiger partial charge in [-0.3, -0.25) is 9.59 Å². The van der Waals surface area contributed by atoms with Gasteiger partial charge in [-0.05, 0) is 49.6 Å². The third-order valence-electron chi connectivity index (χ3n) is 4.55. The van der Waals surface area contributed by atoms with Crippen molar-refractivity contribution >= 4 is 45.7 Å². The van der Waals surface area contributed by atoms with Crippen molar-refractivity contribution in [3.05, 3.63) is 62.7 Å². The molecule has 0 saturated heterocycles. The molecule has 9 nitrogen and oxygen atoms in total. The molecule has 3 aromatic rings. The number of carbonyl (C=O) groups is 3. The standard InChI is InChI=1S/C22H23ClN4O5S/c1-4-9-31-22(30)17-13(3)18(19(24)28)33-21(17)25-20(29)15-7-8-27(26-15)11-32-16-10-12(2)5-6-14(16)23/h5-8,10H,4,9,11H2,1-3H3,(H2,24,28)(H,25,29). The molecule has 0 fully saturated rings. The topological polar surface area (TPSA) is 126 Å². The van der Waals surface area contributed by atoms with E-state index in [1.807, 2.05) is 19.9 Å². The lowest BCUT2D eigenvalue weighted by Crippen LogP contribution is -2.16. The Balaban J connectivity index is 1.75. The van der Waals surface area contributed by atoms with E-state index in [9.17, 15) is 14.4 Å². The number of esters is 1. The van der Waals surface area contributed by atoms with Crippen molar-refractivity contribution in [1.29, 1.82) is 0 Å². The number of ether oxygens (including phenoxy) is 2. The molecule has 2 aromatic heterocycles. The SMILES string of the molecule is CCCOC(=O)c1c(NC(=O)c2ccn(COc3cc(C)ccc3Cl)n2)sc(C(N)=O)c1C. The fraction of sp³-hybridized carbons (Fsp3) is 0.273. The maximum absolute atomic E-state index is 12.8. The summed E-state index contributed by atoms with van der Waals surface area (Å²) in [5.74, 6) is -1.40. The summed E-state index contributed by atoms with van der Waals surface area (Å²) in [5, 5.41) is 7.47. The van der Waals surface area contributed by atoms with Crippen LogP contribution in [0.1, 0.15) is 55.0 Å². The number of benzene rings is 1. The van der Waals surface area contributed by atoms with E-state index < -0.39 is 17.8 Å². The first-order valence-electron chi connectivity index (χ1n) is 10.0. The Hall–Kier alpha value is -3.37. The van der Waals surface area contributed by atoms with Crippen molar-refractivity contribution in [1.82, 2.24) is 9.78 Å². The zero-order chi connectivity index (χ0) is 24.1. The first-order chi connectivity index (χ1) is 15.7. The maximum Gasteiger partial charge on any atom is 0.341 e. The molecule has 11 heteroatoms. The molecule has 2 heterocycles. The number of halogens is 1. The summed E-state index contributed by atoms with van der Waals surface area (Å²) in [6.07, 6.45) is 2.20. The molecule has 174 valence electrons. The molecule has 3 N–H and O–H groups in total. The van der Waals surface area contributed by atoms with Gasteiger partial charge in [-0.15, -0.1) is 11.3 Å².